The summed E-state index contributed by atoms with van der Waals surface area (Å²) in [5.74, 6) is -0.0741. The summed E-state index contributed by atoms with van der Waals surface area (Å²) >= 11 is 0. The second-order valence-corrected chi connectivity index (χ2v) is 2.21. The molecule has 0 aromatic rings. The summed E-state index contributed by atoms with van der Waals surface area (Å²) < 4.78 is 0. The number of hydrogen-bond acceptors (Lipinski definition) is 1. The minimum Gasteiger partial charge on any atom is -0.327 e. The summed E-state index contributed by atoms with van der Waals surface area (Å²) in [7, 11) is 0. The molecule has 0 atom stereocenters. The largest absolute Gasteiger partial charge is 0.327 e. The van der Waals surface area contributed by atoms with E-state index in [4.69, 9.17) is 0 Å². The Balaban J connectivity index is 3.99. The molecule has 56 valence electrons. The Morgan fingerprint density at radius 1 is 1.50 bits per heavy atom. The van der Waals surface area contributed by atoms with E-state index < -0.39 is 0 Å². The molecule has 2 heteroatoms. The lowest BCUT2D eigenvalue weighted by atomic mass is 10.3. The number of carbonyl (C=O) groups is 1. The van der Waals surface area contributed by atoms with Crippen LogP contribution in [0.1, 0.15) is 20.8 Å². The van der Waals surface area contributed by atoms with Gasteiger partial charge in [-0.15, -0.1) is 0 Å². The number of carbonyl (C=O) groups excluding carboxylic acids is 1. The Hall–Kier alpha value is -1.05. The van der Waals surface area contributed by atoms with Gasteiger partial charge in [0.25, 0.3) is 5.91 Å². The molecule has 0 aromatic heterocycles. The smallest absolute Gasteiger partial charge is 0.250 e. The van der Waals surface area contributed by atoms with E-state index in [1.54, 1.807) is 19.9 Å². The molecule has 0 aliphatic rings. The molecule has 0 fully saturated rings. The van der Waals surface area contributed by atoms with Crippen molar-refractivity contribution in [3.63, 3.8) is 0 Å². The summed E-state index contributed by atoms with van der Waals surface area (Å²) in [6, 6.07) is 0. The average molecular weight is 139 g/mol. The maximum absolute atomic E-state index is 10.9. The lowest BCUT2D eigenvalue weighted by Crippen LogP contribution is -2.21. The van der Waals surface area contributed by atoms with E-state index in [-0.39, 0.29) is 5.91 Å². The quantitative estimate of drug-likeness (QED) is 0.578. The van der Waals surface area contributed by atoms with Crippen molar-refractivity contribution in [1.29, 1.82) is 0 Å². The zero-order valence-corrected chi connectivity index (χ0v) is 6.69. The van der Waals surface area contributed by atoms with Crippen LogP contribution in [0.5, 0.6) is 0 Å². The van der Waals surface area contributed by atoms with Crippen molar-refractivity contribution in [3.8, 4) is 0 Å². The Morgan fingerprint density at radius 3 is 2.30 bits per heavy atom. The first-order valence-corrected chi connectivity index (χ1v) is 3.17. The molecule has 0 aromatic carbocycles. The van der Waals surface area contributed by atoms with E-state index in [0.717, 1.165) is 0 Å². The second kappa shape index (κ2) is 3.88. The molecule has 0 radical (unpaired) electrons. The third kappa shape index (κ3) is 3.07. The van der Waals surface area contributed by atoms with Gasteiger partial charge in [0, 0.05) is 11.3 Å². The lowest BCUT2D eigenvalue weighted by Gasteiger charge is -2.01. The molecule has 0 aliphatic heterocycles. The van der Waals surface area contributed by atoms with Crippen molar-refractivity contribution in [2.75, 3.05) is 0 Å². The minimum atomic E-state index is -0.0741. The van der Waals surface area contributed by atoms with Gasteiger partial charge in [0.2, 0.25) is 0 Å². The summed E-state index contributed by atoms with van der Waals surface area (Å²) in [6.45, 7) is 8.89. The third-order valence-corrected chi connectivity index (χ3v) is 1.12. The van der Waals surface area contributed by atoms with Crippen LogP contribution in [0.25, 0.3) is 0 Å². The molecule has 0 spiro atoms. The van der Waals surface area contributed by atoms with Crippen molar-refractivity contribution < 1.29 is 4.79 Å². The van der Waals surface area contributed by atoms with Gasteiger partial charge in [-0.3, -0.25) is 4.79 Å². The van der Waals surface area contributed by atoms with Crippen molar-refractivity contribution in [3.05, 3.63) is 23.9 Å². The van der Waals surface area contributed by atoms with Gasteiger partial charge in [-0.1, -0.05) is 12.7 Å². The van der Waals surface area contributed by atoms with Crippen LogP contribution < -0.4 is 5.32 Å². The van der Waals surface area contributed by atoms with Crippen molar-refractivity contribution >= 4 is 5.91 Å². The average Bonchev–Trinajstić information content (AvgIpc) is 1.85. The summed E-state index contributed by atoms with van der Waals surface area (Å²) in [6.07, 6.45) is 1.76. The first kappa shape index (κ1) is 8.95. The molecule has 0 saturated heterocycles. The Kier molecular flexibility index (Phi) is 3.47. The van der Waals surface area contributed by atoms with Gasteiger partial charge in [-0.2, -0.15) is 0 Å². The zero-order valence-electron chi connectivity index (χ0n) is 6.69. The Morgan fingerprint density at radius 2 is 2.00 bits per heavy atom. The monoisotopic (exact) mass is 139 g/mol. The van der Waals surface area contributed by atoms with Crippen molar-refractivity contribution in [2.45, 2.75) is 20.8 Å². The van der Waals surface area contributed by atoms with E-state index in [2.05, 4.69) is 11.9 Å². The fourth-order valence-corrected chi connectivity index (χ4v) is 0.423. The van der Waals surface area contributed by atoms with Crippen LogP contribution in [-0.4, -0.2) is 5.91 Å². The number of rotatable bonds is 2. The second-order valence-electron chi connectivity index (χ2n) is 2.21. The van der Waals surface area contributed by atoms with Gasteiger partial charge in [0.15, 0.2) is 0 Å². The fourth-order valence-electron chi connectivity index (χ4n) is 0.423. The highest BCUT2D eigenvalue weighted by molar-refractivity contribution is 5.93. The normalized spacial score (nSPS) is 10.9. The van der Waals surface area contributed by atoms with Gasteiger partial charge in [0.05, 0.1) is 0 Å². The van der Waals surface area contributed by atoms with E-state index in [1.165, 1.54) is 0 Å². The Bertz CT molecular complexity index is 180. The molecule has 0 aliphatic carbocycles. The molecule has 0 rings (SSSR count). The maximum atomic E-state index is 10.9. The van der Waals surface area contributed by atoms with Gasteiger partial charge in [0.1, 0.15) is 0 Å². The van der Waals surface area contributed by atoms with E-state index in [9.17, 15) is 4.79 Å². The Labute approximate surface area is 61.6 Å². The number of amides is 1. The highest BCUT2D eigenvalue weighted by Crippen LogP contribution is 1.92. The van der Waals surface area contributed by atoms with Crippen LogP contribution in [0.3, 0.4) is 0 Å². The maximum Gasteiger partial charge on any atom is 0.250 e. The molecule has 0 saturated carbocycles. The molecule has 0 heterocycles. The first-order valence-electron chi connectivity index (χ1n) is 3.17. The third-order valence-electron chi connectivity index (χ3n) is 1.12. The summed E-state index contributed by atoms with van der Waals surface area (Å²) in [4.78, 5) is 10.9. The molecule has 1 amide bonds. The van der Waals surface area contributed by atoms with Crippen LogP contribution in [-0.2, 0) is 4.79 Å². The zero-order chi connectivity index (χ0) is 8.15. The number of nitrogens with one attached hydrogen (secondary N) is 1. The van der Waals surface area contributed by atoms with Gasteiger partial charge < -0.3 is 5.32 Å². The molecular weight excluding hydrogens is 126 g/mol. The standard InChI is InChI=1S/C8H13NO/c1-5-7(4)8(10)9-6(2)3/h5H,2H2,1,3-4H3,(H,9,10)/b7-5-. The number of allylic oxidation sites excluding steroid dienone is 2. The van der Waals surface area contributed by atoms with Crippen LogP contribution in [0.4, 0.5) is 0 Å². The molecule has 1 N–H and O–H groups in total. The molecule has 2 nitrogen and oxygen atoms in total. The molecule has 0 unspecified atom stereocenters. The lowest BCUT2D eigenvalue weighted by molar-refractivity contribution is -0.116. The topological polar surface area (TPSA) is 29.1 Å². The van der Waals surface area contributed by atoms with Crippen molar-refractivity contribution in [1.82, 2.24) is 5.32 Å². The van der Waals surface area contributed by atoms with Gasteiger partial charge >= 0.3 is 0 Å². The van der Waals surface area contributed by atoms with Crippen LogP contribution in [0.2, 0.25) is 0 Å². The molecule has 0 bridgehead atoms. The van der Waals surface area contributed by atoms with Gasteiger partial charge in [-0.25, -0.2) is 0 Å². The predicted molar refractivity (Wildman–Crippen MR) is 42.4 cm³/mol. The van der Waals surface area contributed by atoms with Crippen LogP contribution >= 0.6 is 0 Å². The number of hydrogen-bond donors (Lipinski definition) is 1. The van der Waals surface area contributed by atoms with Crippen LogP contribution in [0, 0.1) is 0 Å². The minimum absolute atomic E-state index is 0.0741. The summed E-state index contributed by atoms with van der Waals surface area (Å²) in [5.41, 5.74) is 1.38. The van der Waals surface area contributed by atoms with E-state index >= 15 is 0 Å². The fraction of sp³-hybridized carbons (Fsp3) is 0.375. The van der Waals surface area contributed by atoms with Crippen molar-refractivity contribution in [2.24, 2.45) is 0 Å². The summed E-state index contributed by atoms with van der Waals surface area (Å²) in [5, 5.41) is 2.59. The molecular formula is C8H13NO. The first-order chi connectivity index (χ1) is 4.57. The highest BCUT2D eigenvalue weighted by Gasteiger charge is 1.99. The molecule has 10 heavy (non-hydrogen) atoms. The van der Waals surface area contributed by atoms with Crippen LogP contribution in [0.15, 0.2) is 23.9 Å². The van der Waals surface area contributed by atoms with E-state index in [1.807, 2.05) is 6.92 Å². The highest BCUT2D eigenvalue weighted by atomic mass is 16.1. The SMILES string of the molecule is C=C(C)NC(=O)/C(C)=C\C. The van der Waals surface area contributed by atoms with Gasteiger partial charge in [-0.05, 0) is 20.8 Å². The predicted octanol–water partition coefficient (Wildman–Crippen LogP) is 1.60. The van der Waals surface area contributed by atoms with E-state index in [0.29, 0.717) is 11.3 Å².